The number of carbonyl (C=O) groups excluding carboxylic acids is 1. The van der Waals surface area contributed by atoms with Crippen LogP contribution in [0.15, 0.2) is 18.2 Å². The molecule has 1 aromatic carbocycles. The normalized spacial score (nSPS) is 10.4. The van der Waals surface area contributed by atoms with Crippen molar-refractivity contribution in [1.29, 1.82) is 0 Å². The van der Waals surface area contributed by atoms with E-state index >= 15 is 0 Å². The van der Waals surface area contributed by atoms with Gasteiger partial charge in [0.25, 0.3) is 0 Å². The van der Waals surface area contributed by atoms with E-state index in [2.05, 4.69) is 9.72 Å². The monoisotopic (exact) mass is 286 g/mol. The largest absolute Gasteiger partial charge is 0.464 e. The number of hydrogen-bond donors (Lipinski definition) is 1. The van der Waals surface area contributed by atoms with Gasteiger partial charge in [0.1, 0.15) is 5.82 Å². The lowest BCUT2D eigenvalue weighted by molar-refractivity contribution is 0.0596. The van der Waals surface area contributed by atoms with Gasteiger partial charge in [0.2, 0.25) is 0 Å². The van der Waals surface area contributed by atoms with E-state index in [9.17, 15) is 9.18 Å². The quantitative estimate of drug-likeness (QED) is 0.862. The minimum absolute atomic E-state index is 0.0352. The van der Waals surface area contributed by atoms with Crippen LogP contribution in [0.5, 0.6) is 0 Å². The molecule has 1 aromatic heterocycles. The number of carbonyl (C=O) groups is 1. The Balaban J connectivity index is 2.68. The predicted molar refractivity (Wildman–Crippen MR) is 68.3 cm³/mol. The first kappa shape index (κ1) is 12.8. The molecule has 2 aromatic rings. The summed E-state index contributed by atoms with van der Waals surface area (Å²) in [5, 5.41) is 0.327. The zero-order chi connectivity index (χ0) is 13.3. The Morgan fingerprint density at radius 1 is 1.56 bits per heavy atom. The molecule has 0 amide bonds. The van der Waals surface area contributed by atoms with Crippen molar-refractivity contribution < 1.29 is 13.9 Å². The van der Waals surface area contributed by atoms with E-state index in [0.29, 0.717) is 0 Å². The van der Waals surface area contributed by atoms with Crippen molar-refractivity contribution in [3.05, 3.63) is 34.7 Å². The molecule has 4 nitrogen and oxygen atoms in total. The highest BCUT2D eigenvalue weighted by molar-refractivity contribution is 7.19. The molecule has 94 valence electrons. The highest BCUT2D eigenvalue weighted by Crippen LogP contribution is 2.38. The topological polar surface area (TPSA) is 65.2 Å². The Hall–Kier alpha value is -1.66. The van der Waals surface area contributed by atoms with Gasteiger partial charge in [-0.3, -0.25) is 0 Å². The maximum atomic E-state index is 13.8. The lowest BCUT2D eigenvalue weighted by atomic mass is 10.1. The van der Waals surface area contributed by atoms with E-state index in [0.717, 1.165) is 11.3 Å². The average Bonchev–Trinajstić information content (AvgIpc) is 2.70. The Morgan fingerprint density at radius 2 is 2.28 bits per heavy atom. The summed E-state index contributed by atoms with van der Waals surface area (Å²) in [5.74, 6) is -1.23. The van der Waals surface area contributed by atoms with Gasteiger partial charge in [-0.05, 0) is 12.1 Å². The predicted octanol–water partition coefficient (Wildman–Crippen LogP) is 2.97. The number of hydrogen-bond acceptors (Lipinski definition) is 5. The molecule has 0 saturated heterocycles. The number of halogens is 2. The molecule has 0 aliphatic rings. The van der Waals surface area contributed by atoms with Gasteiger partial charge < -0.3 is 10.5 Å². The standard InChI is InChI=1S/C11H8ClFN2O2S/c1-17-10(16)8-9(18-11(14)15-8)7-5(12)3-2-4-6(7)13/h2-4H,1H3,(H2,14,15). The number of nitrogens with zero attached hydrogens (tertiary/aromatic N) is 1. The molecule has 7 heteroatoms. The number of nitrogen functional groups attached to an aromatic ring is 1. The Labute approximate surface area is 111 Å². The number of benzene rings is 1. The maximum absolute atomic E-state index is 13.8. The van der Waals surface area contributed by atoms with E-state index in [1.807, 2.05) is 0 Å². The van der Waals surface area contributed by atoms with Crippen LogP contribution in [-0.4, -0.2) is 18.1 Å². The molecule has 2 rings (SSSR count). The Bertz CT molecular complexity index is 595. The van der Waals surface area contributed by atoms with Crippen LogP contribution in [0.25, 0.3) is 10.4 Å². The van der Waals surface area contributed by atoms with Crippen LogP contribution in [-0.2, 0) is 4.74 Å². The second kappa shape index (κ2) is 4.91. The highest BCUT2D eigenvalue weighted by Gasteiger charge is 2.23. The number of nitrogens with two attached hydrogens (primary N) is 1. The SMILES string of the molecule is COC(=O)c1nc(N)sc1-c1c(F)cccc1Cl. The van der Waals surface area contributed by atoms with Crippen molar-refractivity contribution in [3.63, 3.8) is 0 Å². The Kier molecular flexibility index (Phi) is 3.49. The smallest absolute Gasteiger partial charge is 0.358 e. The number of aromatic nitrogens is 1. The summed E-state index contributed by atoms with van der Waals surface area (Å²) in [6, 6.07) is 4.25. The lowest BCUT2D eigenvalue weighted by Crippen LogP contribution is -2.04. The van der Waals surface area contributed by atoms with Crippen molar-refractivity contribution in [3.8, 4) is 10.4 Å². The van der Waals surface area contributed by atoms with Crippen molar-refractivity contribution in [2.24, 2.45) is 0 Å². The van der Waals surface area contributed by atoms with Gasteiger partial charge in [-0.1, -0.05) is 29.0 Å². The minimum Gasteiger partial charge on any atom is -0.464 e. The molecule has 0 radical (unpaired) electrons. The summed E-state index contributed by atoms with van der Waals surface area (Å²) >= 11 is 6.92. The van der Waals surface area contributed by atoms with Crippen LogP contribution in [0.4, 0.5) is 9.52 Å². The molecular weight excluding hydrogens is 279 g/mol. The minimum atomic E-state index is -0.683. The van der Waals surface area contributed by atoms with Crippen molar-refractivity contribution >= 4 is 34.0 Å². The van der Waals surface area contributed by atoms with Crippen molar-refractivity contribution in [1.82, 2.24) is 4.98 Å². The number of rotatable bonds is 2. The lowest BCUT2D eigenvalue weighted by Gasteiger charge is -2.04. The first-order chi connectivity index (χ1) is 8.54. The summed E-state index contributed by atoms with van der Waals surface area (Å²) in [4.78, 5) is 15.6. The molecule has 1 heterocycles. The molecule has 0 aliphatic carbocycles. The van der Waals surface area contributed by atoms with E-state index in [1.54, 1.807) is 0 Å². The molecule has 0 fully saturated rings. The van der Waals surface area contributed by atoms with Crippen molar-refractivity contribution in [2.75, 3.05) is 12.8 Å². The summed E-state index contributed by atoms with van der Waals surface area (Å²) < 4.78 is 18.4. The third-order valence-corrected chi connectivity index (χ3v) is 3.43. The van der Waals surface area contributed by atoms with Crippen LogP contribution in [0, 0.1) is 5.82 Å². The highest BCUT2D eigenvalue weighted by atomic mass is 35.5. The van der Waals surface area contributed by atoms with Crippen LogP contribution < -0.4 is 5.73 Å². The molecule has 0 saturated carbocycles. The van der Waals surface area contributed by atoms with Gasteiger partial charge in [-0.25, -0.2) is 14.2 Å². The number of anilines is 1. The summed E-state index contributed by atoms with van der Waals surface area (Å²) in [5.41, 5.74) is 5.61. The van der Waals surface area contributed by atoms with Gasteiger partial charge in [0, 0.05) is 5.56 Å². The van der Waals surface area contributed by atoms with Gasteiger partial charge in [-0.15, -0.1) is 0 Å². The molecule has 0 aliphatic heterocycles. The molecule has 2 N–H and O–H groups in total. The fraction of sp³-hybridized carbons (Fsp3) is 0.0909. The molecule has 18 heavy (non-hydrogen) atoms. The number of methoxy groups -OCH3 is 1. The zero-order valence-electron chi connectivity index (χ0n) is 9.24. The van der Waals surface area contributed by atoms with E-state index < -0.39 is 11.8 Å². The molecular formula is C11H8ClFN2O2S. The fourth-order valence-corrected chi connectivity index (χ4v) is 2.65. The van der Waals surface area contributed by atoms with Gasteiger partial charge in [0.05, 0.1) is 17.0 Å². The van der Waals surface area contributed by atoms with Gasteiger partial charge in [0.15, 0.2) is 10.8 Å². The molecule has 0 bridgehead atoms. The van der Waals surface area contributed by atoms with Crippen LogP contribution in [0.2, 0.25) is 5.02 Å². The van der Waals surface area contributed by atoms with Crippen LogP contribution in [0.1, 0.15) is 10.5 Å². The first-order valence-electron chi connectivity index (χ1n) is 4.83. The summed E-state index contributed by atoms with van der Waals surface area (Å²) in [6.45, 7) is 0. The third kappa shape index (κ3) is 2.16. The number of thiazole rings is 1. The van der Waals surface area contributed by atoms with Crippen LogP contribution >= 0.6 is 22.9 Å². The molecule has 0 unspecified atom stereocenters. The average molecular weight is 287 g/mol. The first-order valence-corrected chi connectivity index (χ1v) is 6.03. The number of esters is 1. The molecule has 0 spiro atoms. The second-order valence-electron chi connectivity index (χ2n) is 3.32. The van der Waals surface area contributed by atoms with E-state index in [1.165, 1.54) is 25.3 Å². The Morgan fingerprint density at radius 3 is 2.89 bits per heavy atom. The zero-order valence-corrected chi connectivity index (χ0v) is 10.8. The molecule has 0 atom stereocenters. The summed E-state index contributed by atoms with van der Waals surface area (Å²) in [7, 11) is 1.21. The van der Waals surface area contributed by atoms with E-state index in [-0.39, 0.29) is 26.3 Å². The third-order valence-electron chi connectivity index (χ3n) is 2.21. The van der Waals surface area contributed by atoms with Crippen LogP contribution in [0.3, 0.4) is 0 Å². The fourth-order valence-electron chi connectivity index (χ4n) is 1.46. The summed E-state index contributed by atoms with van der Waals surface area (Å²) in [6.07, 6.45) is 0. The second-order valence-corrected chi connectivity index (χ2v) is 4.76. The number of ether oxygens (including phenoxy) is 1. The van der Waals surface area contributed by atoms with Gasteiger partial charge in [-0.2, -0.15) is 0 Å². The van der Waals surface area contributed by atoms with E-state index in [4.69, 9.17) is 17.3 Å². The van der Waals surface area contributed by atoms with Gasteiger partial charge >= 0.3 is 5.97 Å². The van der Waals surface area contributed by atoms with Crippen molar-refractivity contribution in [2.45, 2.75) is 0 Å². The maximum Gasteiger partial charge on any atom is 0.358 e.